The van der Waals surface area contributed by atoms with E-state index in [1.165, 1.54) is 6.07 Å². The van der Waals surface area contributed by atoms with Gasteiger partial charge in [0, 0.05) is 12.2 Å². The Morgan fingerprint density at radius 1 is 1.37 bits per heavy atom. The fourth-order valence-corrected chi connectivity index (χ4v) is 2.39. The molecule has 2 rings (SSSR count). The van der Waals surface area contributed by atoms with E-state index in [-0.39, 0.29) is 35.9 Å². The van der Waals surface area contributed by atoms with Crippen molar-refractivity contribution in [3.63, 3.8) is 0 Å². The smallest absolute Gasteiger partial charge is 0.326 e. The molecule has 0 aliphatic heterocycles. The Hall–Kier alpha value is -2.66. The van der Waals surface area contributed by atoms with Gasteiger partial charge in [-0.05, 0) is 30.2 Å². The lowest BCUT2D eigenvalue weighted by Gasteiger charge is -2.12. The topological polar surface area (TPSA) is 127 Å². The van der Waals surface area contributed by atoms with Crippen LogP contribution in [-0.2, 0) is 19.1 Å². The van der Waals surface area contributed by atoms with Crippen molar-refractivity contribution in [1.82, 2.24) is 10.2 Å². The number of nitrogens with zero attached hydrogens (tertiary/aromatic N) is 2. The maximum Gasteiger partial charge on any atom is 0.416 e. The number of aromatic nitrogens is 2. The maximum atomic E-state index is 12.9. The highest BCUT2D eigenvalue weighted by Gasteiger charge is 2.32. The zero-order valence-corrected chi connectivity index (χ0v) is 14.9. The molecule has 8 nitrogen and oxygen atoms in total. The number of rotatable bonds is 6. The molecule has 0 spiro atoms. The monoisotopic (exact) mass is 407 g/mol. The lowest BCUT2D eigenvalue weighted by molar-refractivity contribution is -0.385. The number of nitro groups is 1. The molecule has 0 saturated heterocycles. The second-order valence-corrected chi connectivity index (χ2v) is 5.48. The average Bonchev–Trinajstić information content (AvgIpc) is 2.98. The van der Waals surface area contributed by atoms with Gasteiger partial charge in [0.05, 0.1) is 10.5 Å². The summed E-state index contributed by atoms with van der Waals surface area (Å²) in [5.41, 5.74) is 3.56. The average molecular weight is 408 g/mol. The van der Waals surface area contributed by atoms with Gasteiger partial charge in [-0.3, -0.25) is 20.0 Å². The van der Waals surface area contributed by atoms with Crippen LogP contribution in [0.5, 0.6) is 0 Å². The number of aryl methyl sites for hydroxylation is 1. The maximum absolute atomic E-state index is 12.9. The summed E-state index contributed by atoms with van der Waals surface area (Å²) < 4.78 is 38.8. The van der Waals surface area contributed by atoms with Crippen molar-refractivity contribution in [3.05, 3.63) is 50.8 Å². The molecule has 2 aromatic rings. The first-order chi connectivity index (χ1) is 12.2. The van der Waals surface area contributed by atoms with Crippen molar-refractivity contribution in [2.24, 2.45) is 5.73 Å². The van der Waals surface area contributed by atoms with Gasteiger partial charge in [-0.1, -0.05) is 13.3 Å². The molecule has 0 saturated carbocycles. The molecule has 4 N–H and O–H groups in total. The fourth-order valence-electron chi connectivity index (χ4n) is 2.39. The predicted molar refractivity (Wildman–Crippen MR) is 93.8 cm³/mol. The van der Waals surface area contributed by atoms with E-state index < -0.39 is 34.0 Å². The van der Waals surface area contributed by atoms with Crippen LogP contribution in [0, 0.1) is 10.1 Å². The minimum atomic E-state index is -4.63. The number of nitrogens with two attached hydrogens (primary N) is 1. The molecule has 0 unspecified atom stereocenters. The zero-order chi connectivity index (χ0) is 19.5. The van der Waals surface area contributed by atoms with Gasteiger partial charge in [0.15, 0.2) is 0 Å². The number of carbonyl (C=O) groups is 1. The van der Waals surface area contributed by atoms with E-state index in [2.05, 4.69) is 15.5 Å². The Morgan fingerprint density at radius 3 is 2.56 bits per heavy atom. The van der Waals surface area contributed by atoms with Crippen LogP contribution >= 0.6 is 12.4 Å². The second-order valence-electron chi connectivity index (χ2n) is 5.48. The molecule has 1 heterocycles. The van der Waals surface area contributed by atoms with Crippen molar-refractivity contribution in [2.75, 3.05) is 5.32 Å². The Bertz CT molecular complexity index is 839. The third-order valence-corrected chi connectivity index (χ3v) is 3.52. The summed E-state index contributed by atoms with van der Waals surface area (Å²) in [4.78, 5) is 22.8. The highest BCUT2D eigenvalue weighted by molar-refractivity contribution is 6.05. The highest BCUT2D eigenvalue weighted by Crippen LogP contribution is 2.32. The standard InChI is InChI=1S/C15H16F3N5O3.ClH/c1-2-3-11-13(23(25)26)12(22-21-11)14(24)20-10-5-8(7-19)4-9(6-10)15(16,17)18;/h4-6H,2-3,7,19H2,1H3,(H,20,24)(H,21,22);1H. The summed E-state index contributed by atoms with van der Waals surface area (Å²) in [7, 11) is 0. The summed E-state index contributed by atoms with van der Waals surface area (Å²) in [6, 6.07) is 2.85. The van der Waals surface area contributed by atoms with Gasteiger partial charge in [-0.25, -0.2) is 0 Å². The molecule has 1 amide bonds. The quantitative estimate of drug-likeness (QED) is 0.499. The van der Waals surface area contributed by atoms with Gasteiger partial charge < -0.3 is 11.1 Å². The van der Waals surface area contributed by atoms with E-state index in [0.717, 1.165) is 12.1 Å². The number of hydrogen-bond donors (Lipinski definition) is 3. The van der Waals surface area contributed by atoms with Crippen LogP contribution in [0.4, 0.5) is 24.5 Å². The summed E-state index contributed by atoms with van der Waals surface area (Å²) in [5.74, 6) is -0.988. The third kappa shape index (κ3) is 5.17. The van der Waals surface area contributed by atoms with Gasteiger partial charge in [-0.15, -0.1) is 12.4 Å². The molecule has 0 aliphatic rings. The minimum Gasteiger partial charge on any atom is -0.326 e. The molecule has 0 fully saturated rings. The van der Waals surface area contributed by atoms with Crippen LogP contribution in [0.3, 0.4) is 0 Å². The first kappa shape index (κ1) is 22.4. The first-order valence-corrected chi connectivity index (χ1v) is 7.61. The molecule has 1 aromatic carbocycles. The summed E-state index contributed by atoms with van der Waals surface area (Å²) >= 11 is 0. The number of halogens is 4. The second kappa shape index (κ2) is 8.82. The van der Waals surface area contributed by atoms with Gasteiger partial charge >= 0.3 is 11.9 Å². The van der Waals surface area contributed by atoms with Crippen molar-refractivity contribution in [3.8, 4) is 0 Å². The van der Waals surface area contributed by atoms with Crippen molar-refractivity contribution in [1.29, 1.82) is 0 Å². The Balaban J connectivity index is 0.00000364. The number of anilines is 1. The predicted octanol–water partition coefficient (Wildman–Crippen LogP) is 3.42. The fraction of sp³-hybridized carbons (Fsp3) is 0.333. The van der Waals surface area contributed by atoms with Crippen LogP contribution in [0.2, 0.25) is 0 Å². The largest absolute Gasteiger partial charge is 0.416 e. The lowest BCUT2D eigenvalue weighted by atomic mass is 10.1. The summed E-state index contributed by atoms with van der Waals surface area (Å²) in [6.07, 6.45) is -3.74. The summed E-state index contributed by atoms with van der Waals surface area (Å²) in [5, 5.41) is 19.5. The van der Waals surface area contributed by atoms with E-state index in [1.807, 2.05) is 0 Å². The minimum absolute atomic E-state index is 0. The molecule has 1 aromatic heterocycles. The number of nitrogens with one attached hydrogen (secondary N) is 2. The Labute approximate surface area is 157 Å². The van der Waals surface area contributed by atoms with Gasteiger partial charge in [-0.2, -0.15) is 18.3 Å². The number of alkyl halides is 3. The zero-order valence-electron chi connectivity index (χ0n) is 14.1. The highest BCUT2D eigenvalue weighted by atomic mass is 35.5. The van der Waals surface area contributed by atoms with E-state index in [0.29, 0.717) is 12.8 Å². The van der Waals surface area contributed by atoms with Crippen molar-refractivity contribution >= 4 is 29.7 Å². The number of aromatic amines is 1. The third-order valence-electron chi connectivity index (χ3n) is 3.52. The molecule has 0 radical (unpaired) electrons. The molecule has 0 atom stereocenters. The van der Waals surface area contributed by atoms with Crippen LogP contribution < -0.4 is 11.1 Å². The van der Waals surface area contributed by atoms with Gasteiger partial charge in [0.1, 0.15) is 5.69 Å². The number of H-pyrrole nitrogens is 1. The van der Waals surface area contributed by atoms with E-state index >= 15 is 0 Å². The van der Waals surface area contributed by atoms with Gasteiger partial charge in [0.2, 0.25) is 5.69 Å². The number of amides is 1. The first-order valence-electron chi connectivity index (χ1n) is 7.61. The Kier molecular flexibility index (Phi) is 7.31. The Morgan fingerprint density at radius 2 is 2.04 bits per heavy atom. The van der Waals surface area contributed by atoms with Gasteiger partial charge in [0.25, 0.3) is 5.91 Å². The van der Waals surface area contributed by atoms with Crippen molar-refractivity contribution < 1.29 is 22.9 Å². The molecular weight excluding hydrogens is 391 g/mol. The van der Waals surface area contributed by atoms with Crippen LogP contribution in [-0.4, -0.2) is 21.0 Å². The molecule has 0 aliphatic carbocycles. The van der Waals surface area contributed by atoms with E-state index in [4.69, 9.17) is 5.73 Å². The van der Waals surface area contributed by atoms with Crippen LogP contribution in [0.15, 0.2) is 18.2 Å². The molecular formula is C15H17ClF3N5O3. The van der Waals surface area contributed by atoms with E-state index in [1.54, 1.807) is 6.92 Å². The molecule has 27 heavy (non-hydrogen) atoms. The van der Waals surface area contributed by atoms with E-state index in [9.17, 15) is 28.1 Å². The lowest BCUT2D eigenvalue weighted by Crippen LogP contribution is -2.16. The van der Waals surface area contributed by atoms with Crippen LogP contribution in [0.25, 0.3) is 0 Å². The summed E-state index contributed by atoms with van der Waals surface area (Å²) in [6.45, 7) is 1.62. The molecule has 12 heteroatoms. The molecule has 148 valence electrons. The number of carbonyl (C=O) groups excluding carboxylic acids is 1. The molecule has 0 bridgehead atoms. The SMILES string of the molecule is CCCc1[nH]nc(C(=O)Nc2cc(CN)cc(C(F)(F)F)c2)c1[N+](=O)[O-].Cl. The normalized spacial score (nSPS) is 11.0. The number of hydrogen-bond acceptors (Lipinski definition) is 5. The number of benzene rings is 1. The van der Waals surface area contributed by atoms with Crippen molar-refractivity contribution in [2.45, 2.75) is 32.5 Å². The van der Waals surface area contributed by atoms with Crippen LogP contribution in [0.1, 0.15) is 40.7 Å².